The van der Waals surface area contributed by atoms with Crippen molar-refractivity contribution in [3.05, 3.63) is 59.4 Å². The second-order valence-corrected chi connectivity index (χ2v) is 4.48. The number of hydrogen-bond acceptors (Lipinski definition) is 3. The average Bonchev–Trinajstić information content (AvgIpc) is 2.37. The van der Waals surface area contributed by atoms with E-state index in [2.05, 4.69) is 16.4 Å². The lowest BCUT2D eigenvalue weighted by Gasteiger charge is -2.18. The van der Waals surface area contributed by atoms with Crippen molar-refractivity contribution in [2.45, 2.75) is 19.9 Å². The zero-order chi connectivity index (χ0) is 13.0. The van der Waals surface area contributed by atoms with Gasteiger partial charge in [-0.3, -0.25) is 4.98 Å². The zero-order valence-corrected chi connectivity index (χ0v) is 10.7. The molecule has 0 aliphatic carbocycles. The highest BCUT2D eigenvalue weighted by atomic mass is 16.3. The molecule has 18 heavy (non-hydrogen) atoms. The van der Waals surface area contributed by atoms with E-state index in [4.69, 9.17) is 0 Å². The maximum absolute atomic E-state index is 9.49. The second kappa shape index (κ2) is 5.65. The number of nitrogens with one attached hydrogen (secondary N) is 1. The molecule has 0 saturated heterocycles. The van der Waals surface area contributed by atoms with Crippen LogP contribution in [0.5, 0.6) is 0 Å². The third kappa shape index (κ3) is 3.08. The van der Waals surface area contributed by atoms with Gasteiger partial charge >= 0.3 is 0 Å². The molecule has 1 aromatic heterocycles. The highest BCUT2D eigenvalue weighted by Gasteiger charge is 2.10. The number of benzene rings is 1. The molecule has 0 fully saturated rings. The van der Waals surface area contributed by atoms with Crippen LogP contribution in [0, 0.1) is 13.8 Å². The number of aliphatic hydroxyl groups is 1. The number of anilines is 1. The van der Waals surface area contributed by atoms with Crippen molar-refractivity contribution in [1.29, 1.82) is 0 Å². The van der Waals surface area contributed by atoms with Crippen molar-refractivity contribution in [2.24, 2.45) is 0 Å². The Bertz CT molecular complexity index is 508. The van der Waals surface area contributed by atoms with Gasteiger partial charge in [-0.25, -0.2) is 0 Å². The summed E-state index contributed by atoms with van der Waals surface area (Å²) in [5.74, 6) is 0. The summed E-state index contributed by atoms with van der Waals surface area (Å²) < 4.78 is 0. The number of pyridine rings is 1. The van der Waals surface area contributed by atoms with E-state index in [0.717, 1.165) is 16.9 Å². The minimum absolute atomic E-state index is 0.0404. The molecule has 2 aromatic rings. The minimum Gasteiger partial charge on any atom is -0.394 e. The van der Waals surface area contributed by atoms with Crippen molar-refractivity contribution in [1.82, 2.24) is 4.98 Å². The van der Waals surface area contributed by atoms with E-state index in [1.165, 1.54) is 5.56 Å². The first-order chi connectivity index (χ1) is 8.69. The van der Waals surface area contributed by atoms with Crippen molar-refractivity contribution >= 4 is 5.69 Å². The summed E-state index contributed by atoms with van der Waals surface area (Å²) in [4.78, 5) is 4.26. The van der Waals surface area contributed by atoms with Gasteiger partial charge in [0.1, 0.15) is 0 Å². The van der Waals surface area contributed by atoms with Gasteiger partial charge in [-0.15, -0.1) is 0 Å². The van der Waals surface area contributed by atoms with Gasteiger partial charge in [-0.05, 0) is 43.2 Å². The third-order valence-corrected chi connectivity index (χ3v) is 2.88. The highest BCUT2D eigenvalue weighted by Crippen LogP contribution is 2.19. The van der Waals surface area contributed by atoms with Gasteiger partial charge in [0.05, 0.1) is 12.6 Å². The van der Waals surface area contributed by atoms with Gasteiger partial charge in [0, 0.05) is 17.6 Å². The first-order valence-corrected chi connectivity index (χ1v) is 6.05. The molecule has 0 radical (unpaired) electrons. The zero-order valence-electron chi connectivity index (χ0n) is 10.7. The summed E-state index contributed by atoms with van der Waals surface area (Å²) >= 11 is 0. The van der Waals surface area contributed by atoms with E-state index < -0.39 is 0 Å². The smallest absolute Gasteiger partial charge is 0.0759 e. The Morgan fingerprint density at radius 2 is 2.06 bits per heavy atom. The van der Waals surface area contributed by atoms with Crippen LogP contribution in [0.4, 0.5) is 5.69 Å². The summed E-state index contributed by atoms with van der Waals surface area (Å²) in [6.07, 6.45) is 1.80. The van der Waals surface area contributed by atoms with Crippen LogP contribution in [0.15, 0.2) is 42.6 Å². The number of rotatable bonds is 4. The summed E-state index contributed by atoms with van der Waals surface area (Å²) in [6, 6.07) is 11.9. The van der Waals surface area contributed by atoms with Gasteiger partial charge < -0.3 is 10.4 Å². The molecule has 0 aliphatic rings. The largest absolute Gasteiger partial charge is 0.394 e. The standard InChI is InChI=1S/C15H18N2O/c1-11-4-3-5-14(8-11)17-15(10-18)13-7-6-12(2)16-9-13/h3-9,15,17-18H,10H2,1-2H3. The van der Waals surface area contributed by atoms with E-state index in [1.807, 2.05) is 44.2 Å². The molecule has 3 heteroatoms. The quantitative estimate of drug-likeness (QED) is 0.866. The van der Waals surface area contributed by atoms with Crippen molar-refractivity contribution in [3.8, 4) is 0 Å². The predicted molar refractivity (Wildman–Crippen MR) is 73.6 cm³/mol. The number of aryl methyl sites for hydroxylation is 2. The molecule has 1 aromatic carbocycles. The fourth-order valence-corrected chi connectivity index (χ4v) is 1.86. The summed E-state index contributed by atoms with van der Waals surface area (Å²) in [6.45, 7) is 4.04. The van der Waals surface area contributed by atoms with Crippen molar-refractivity contribution in [3.63, 3.8) is 0 Å². The molecule has 1 heterocycles. The summed E-state index contributed by atoms with van der Waals surface area (Å²) in [5, 5.41) is 12.8. The third-order valence-electron chi connectivity index (χ3n) is 2.88. The Kier molecular flexibility index (Phi) is 3.95. The summed E-state index contributed by atoms with van der Waals surface area (Å²) in [5.41, 5.74) is 4.17. The Labute approximate surface area is 108 Å². The molecule has 0 saturated carbocycles. The molecule has 0 spiro atoms. The van der Waals surface area contributed by atoms with Gasteiger partial charge in [0.25, 0.3) is 0 Å². The van der Waals surface area contributed by atoms with Gasteiger partial charge in [0.15, 0.2) is 0 Å². The Morgan fingerprint density at radius 1 is 1.22 bits per heavy atom. The topological polar surface area (TPSA) is 45.1 Å². The second-order valence-electron chi connectivity index (χ2n) is 4.48. The number of hydrogen-bond donors (Lipinski definition) is 2. The molecular formula is C15H18N2O. The lowest BCUT2D eigenvalue weighted by Crippen LogP contribution is -2.15. The maximum atomic E-state index is 9.49. The van der Waals surface area contributed by atoms with E-state index in [9.17, 15) is 5.11 Å². The maximum Gasteiger partial charge on any atom is 0.0759 e. The molecule has 0 amide bonds. The van der Waals surface area contributed by atoms with E-state index >= 15 is 0 Å². The van der Waals surface area contributed by atoms with Gasteiger partial charge in [0.2, 0.25) is 0 Å². The highest BCUT2D eigenvalue weighted by molar-refractivity contribution is 5.47. The molecule has 2 rings (SSSR count). The molecule has 0 aliphatic heterocycles. The van der Waals surface area contributed by atoms with Gasteiger partial charge in [-0.2, -0.15) is 0 Å². The monoisotopic (exact) mass is 242 g/mol. The van der Waals surface area contributed by atoms with E-state index in [-0.39, 0.29) is 12.6 Å². The lowest BCUT2D eigenvalue weighted by molar-refractivity contribution is 0.276. The molecular weight excluding hydrogens is 224 g/mol. The molecule has 0 bridgehead atoms. The first-order valence-electron chi connectivity index (χ1n) is 6.05. The fraction of sp³-hybridized carbons (Fsp3) is 0.267. The van der Waals surface area contributed by atoms with Crippen LogP contribution >= 0.6 is 0 Å². The van der Waals surface area contributed by atoms with Crippen LogP contribution in [0.1, 0.15) is 22.9 Å². The lowest BCUT2D eigenvalue weighted by atomic mass is 10.1. The Hall–Kier alpha value is -1.87. The van der Waals surface area contributed by atoms with Crippen LogP contribution in [0.25, 0.3) is 0 Å². The van der Waals surface area contributed by atoms with E-state index in [1.54, 1.807) is 6.20 Å². The van der Waals surface area contributed by atoms with Crippen LogP contribution in [-0.2, 0) is 0 Å². The van der Waals surface area contributed by atoms with Crippen LogP contribution in [-0.4, -0.2) is 16.7 Å². The molecule has 1 unspecified atom stereocenters. The molecule has 3 nitrogen and oxygen atoms in total. The minimum atomic E-state index is -0.125. The molecule has 1 atom stereocenters. The Morgan fingerprint density at radius 3 is 2.67 bits per heavy atom. The SMILES string of the molecule is Cc1cccc(NC(CO)c2ccc(C)nc2)c1. The molecule has 94 valence electrons. The number of nitrogens with zero attached hydrogens (tertiary/aromatic N) is 1. The average molecular weight is 242 g/mol. The van der Waals surface area contributed by atoms with Crippen molar-refractivity contribution in [2.75, 3.05) is 11.9 Å². The van der Waals surface area contributed by atoms with Crippen LogP contribution < -0.4 is 5.32 Å². The van der Waals surface area contributed by atoms with Crippen LogP contribution in [0.3, 0.4) is 0 Å². The Balaban J connectivity index is 2.17. The van der Waals surface area contributed by atoms with E-state index in [0.29, 0.717) is 0 Å². The normalized spacial score (nSPS) is 12.2. The number of aliphatic hydroxyl groups excluding tert-OH is 1. The number of aromatic nitrogens is 1. The van der Waals surface area contributed by atoms with Crippen LogP contribution in [0.2, 0.25) is 0 Å². The first kappa shape index (κ1) is 12.6. The van der Waals surface area contributed by atoms with Gasteiger partial charge in [-0.1, -0.05) is 18.2 Å². The predicted octanol–water partition coefficient (Wildman–Crippen LogP) is 2.84. The summed E-state index contributed by atoms with van der Waals surface area (Å²) in [7, 11) is 0. The molecule has 2 N–H and O–H groups in total. The van der Waals surface area contributed by atoms with Crippen molar-refractivity contribution < 1.29 is 5.11 Å². The fourth-order valence-electron chi connectivity index (χ4n) is 1.86.